The minimum absolute atomic E-state index is 0.0121. The molecule has 0 fully saturated rings. The molecule has 2 aromatic carbocycles. The summed E-state index contributed by atoms with van der Waals surface area (Å²) in [6, 6.07) is 9.31. The molecule has 44 heavy (non-hydrogen) atoms. The molecule has 2 heterocycles. The third kappa shape index (κ3) is 7.95. The zero-order valence-corrected chi connectivity index (χ0v) is 22.1. The Bertz CT molecular complexity index is 1650. The molecule has 0 saturated heterocycles. The van der Waals surface area contributed by atoms with Gasteiger partial charge in [0.2, 0.25) is 11.8 Å². The van der Waals surface area contributed by atoms with E-state index in [2.05, 4.69) is 19.7 Å². The maximum absolute atomic E-state index is 12.9. The van der Waals surface area contributed by atoms with Crippen LogP contribution in [0.25, 0.3) is 22.5 Å². The summed E-state index contributed by atoms with van der Waals surface area (Å²) < 4.78 is 108. The van der Waals surface area contributed by atoms with Crippen molar-refractivity contribution in [2.75, 3.05) is 0 Å². The molecule has 0 aliphatic rings. The molecule has 2 aromatic heterocycles. The number of nitro benzene ring substituents is 2. The molecule has 0 bridgehead atoms. The van der Waals surface area contributed by atoms with Crippen LogP contribution in [0.1, 0.15) is 24.2 Å². The SMILES string of the molecule is Cc1cc(-c2cc(OC(F)F)n(C(F)F)n2)ccc1[N+](=O)[O-].Cc1cc(-c2cc(OC(F)F)nn2C(F)F)ccc1[N+](=O)[O-]. The fourth-order valence-corrected chi connectivity index (χ4v) is 3.76. The number of halogens is 8. The Morgan fingerprint density at radius 3 is 1.64 bits per heavy atom. The van der Waals surface area contributed by atoms with Crippen LogP contribution in [0.5, 0.6) is 11.8 Å². The Morgan fingerprint density at radius 1 is 0.682 bits per heavy atom. The van der Waals surface area contributed by atoms with Crippen molar-refractivity contribution in [2.24, 2.45) is 0 Å². The van der Waals surface area contributed by atoms with Gasteiger partial charge in [0.1, 0.15) is 0 Å². The number of aromatic nitrogens is 4. The summed E-state index contributed by atoms with van der Waals surface area (Å²) >= 11 is 0. The highest BCUT2D eigenvalue weighted by atomic mass is 19.3. The summed E-state index contributed by atoms with van der Waals surface area (Å²) in [4.78, 5) is 20.2. The summed E-state index contributed by atoms with van der Waals surface area (Å²) in [7, 11) is 0. The average Bonchev–Trinajstić information content (AvgIpc) is 3.52. The van der Waals surface area contributed by atoms with Crippen molar-refractivity contribution in [1.82, 2.24) is 19.6 Å². The molecule has 0 saturated carbocycles. The Labute approximate surface area is 240 Å². The first-order valence-electron chi connectivity index (χ1n) is 11.7. The van der Waals surface area contributed by atoms with Crippen LogP contribution in [0.2, 0.25) is 0 Å². The Morgan fingerprint density at radius 2 is 1.18 bits per heavy atom. The third-order valence-corrected chi connectivity index (χ3v) is 5.58. The Kier molecular flexibility index (Phi) is 10.4. The molecule has 4 rings (SSSR count). The molecular weight excluding hydrogens is 620 g/mol. The number of hydrogen-bond donors (Lipinski definition) is 0. The fraction of sp³-hybridized carbons (Fsp3) is 0.250. The number of hydrogen-bond acceptors (Lipinski definition) is 8. The maximum Gasteiger partial charge on any atom is 0.388 e. The summed E-state index contributed by atoms with van der Waals surface area (Å²) in [5.74, 6) is -1.46. The van der Waals surface area contributed by atoms with Crippen LogP contribution >= 0.6 is 0 Å². The van der Waals surface area contributed by atoms with Gasteiger partial charge in [-0.25, -0.2) is 0 Å². The van der Waals surface area contributed by atoms with Gasteiger partial charge in [0.05, 0.1) is 21.2 Å². The highest BCUT2D eigenvalue weighted by Crippen LogP contribution is 2.32. The number of ether oxygens (including phenoxy) is 2. The first-order chi connectivity index (χ1) is 20.6. The van der Waals surface area contributed by atoms with Crippen molar-refractivity contribution in [3.63, 3.8) is 0 Å². The minimum Gasteiger partial charge on any atom is -0.417 e. The van der Waals surface area contributed by atoms with Crippen LogP contribution < -0.4 is 9.47 Å². The summed E-state index contributed by atoms with van der Waals surface area (Å²) in [6.45, 7) is -9.83. The van der Waals surface area contributed by atoms with Crippen molar-refractivity contribution in [1.29, 1.82) is 0 Å². The zero-order chi connectivity index (χ0) is 32.9. The molecule has 4 aromatic rings. The van der Waals surface area contributed by atoms with Crippen LogP contribution in [0.4, 0.5) is 46.5 Å². The zero-order valence-electron chi connectivity index (χ0n) is 22.1. The van der Waals surface area contributed by atoms with E-state index in [1.54, 1.807) is 0 Å². The van der Waals surface area contributed by atoms with Gasteiger partial charge in [-0.2, -0.15) is 49.6 Å². The summed E-state index contributed by atoms with van der Waals surface area (Å²) in [6.07, 6.45) is 0. The molecule has 12 nitrogen and oxygen atoms in total. The number of benzene rings is 2. The number of alkyl halides is 8. The second-order valence-electron chi connectivity index (χ2n) is 8.45. The fourth-order valence-electron chi connectivity index (χ4n) is 3.76. The van der Waals surface area contributed by atoms with Crippen molar-refractivity contribution in [3.8, 4) is 34.3 Å². The monoisotopic (exact) mass is 638 g/mol. The summed E-state index contributed by atoms with van der Waals surface area (Å²) in [5.41, 5.74) is 0.363. The normalized spacial score (nSPS) is 11.2. The van der Waals surface area contributed by atoms with E-state index < -0.39 is 47.9 Å². The van der Waals surface area contributed by atoms with Gasteiger partial charge in [-0.1, -0.05) is 0 Å². The van der Waals surface area contributed by atoms with Crippen molar-refractivity contribution in [2.45, 2.75) is 40.2 Å². The number of nitrogens with zero attached hydrogens (tertiary/aromatic N) is 6. The van der Waals surface area contributed by atoms with E-state index >= 15 is 0 Å². The average molecular weight is 638 g/mol. The predicted molar refractivity (Wildman–Crippen MR) is 134 cm³/mol. The van der Waals surface area contributed by atoms with Gasteiger partial charge in [0.15, 0.2) is 0 Å². The second kappa shape index (κ2) is 13.8. The maximum atomic E-state index is 12.9. The highest BCUT2D eigenvalue weighted by Gasteiger charge is 2.22. The van der Waals surface area contributed by atoms with E-state index in [4.69, 9.17) is 0 Å². The first-order valence-corrected chi connectivity index (χ1v) is 11.7. The topological polar surface area (TPSA) is 140 Å². The van der Waals surface area contributed by atoms with E-state index in [0.29, 0.717) is 0 Å². The lowest BCUT2D eigenvalue weighted by atomic mass is 10.1. The van der Waals surface area contributed by atoms with Crippen LogP contribution in [0, 0.1) is 34.1 Å². The van der Waals surface area contributed by atoms with Gasteiger partial charge < -0.3 is 9.47 Å². The lowest BCUT2D eigenvalue weighted by Gasteiger charge is -2.06. The van der Waals surface area contributed by atoms with E-state index in [9.17, 15) is 55.4 Å². The van der Waals surface area contributed by atoms with E-state index in [0.717, 1.165) is 18.2 Å². The number of aryl methyl sites for hydroxylation is 2. The number of rotatable bonds is 10. The van der Waals surface area contributed by atoms with Gasteiger partial charge in [-0.05, 0) is 38.1 Å². The molecule has 0 aliphatic carbocycles. The smallest absolute Gasteiger partial charge is 0.388 e. The van der Waals surface area contributed by atoms with Gasteiger partial charge >= 0.3 is 26.3 Å². The first kappa shape index (κ1) is 33.2. The second-order valence-corrected chi connectivity index (χ2v) is 8.45. The van der Waals surface area contributed by atoms with E-state index in [1.807, 2.05) is 0 Å². The van der Waals surface area contributed by atoms with Crippen LogP contribution in [0.3, 0.4) is 0 Å². The molecule has 0 radical (unpaired) electrons. The third-order valence-electron chi connectivity index (χ3n) is 5.58. The van der Waals surface area contributed by atoms with Gasteiger partial charge in [-0.3, -0.25) is 20.2 Å². The minimum atomic E-state index is -3.28. The van der Waals surface area contributed by atoms with E-state index in [1.165, 1.54) is 44.2 Å². The van der Waals surface area contributed by atoms with Crippen LogP contribution in [0.15, 0.2) is 48.5 Å². The van der Waals surface area contributed by atoms with E-state index in [-0.39, 0.29) is 54.4 Å². The Balaban J connectivity index is 0.000000240. The molecule has 0 N–H and O–H groups in total. The van der Waals surface area contributed by atoms with Crippen molar-refractivity contribution < 1.29 is 54.4 Å². The van der Waals surface area contributed by atoms with Crippen molar-refractivity contribution >= 4 is 11.4 Å². The van der Waals surface area contributed by atoms with Crippen LogP contribution in [-0.4, -0.2) is 42.6 Å². The van der Waals surface area contributed by atoms with Crippen LogP contribution in [-0.2, 0) is 0 Å². The molecule has 0 aliphatic heterocycles. The molecule has 0 amide bonds. The largest absolute Gasteiger partial charge is 0.417 e. The molecule has 20 heteroatoms. The number of nitro groups is 2. The summed E-state index contributed by atoms with van der Waals surface area (Å²) in [5, 5.41) is 28.2. The quantitative estimate of drug-likeness (QED) is 0.0987. The Hall–Kier alpha value is -5.30. The lowest BCUT2D eigenvalue weighted by Crippen LogP contribution is -2.09. The standard InChI is InChI=1S/2C12H9F4N3O3/c1-6-4-7(2-3-9(6)19(20)21)8-5-10(22-12(15)16)18(17-8)11(13)14;1-6-4-7(2-3-8(6)19(20)21)9-5-10(22-12(15)16)17-18(9)11(13)14/h2*2-5,11-12H,1H3. The molecule has 0 atom stereocenters. The van der Waals surface area contributed by atoms with Gasteiger partial charge in [0.25, 0.3) is 11.4 Å². The molecular formula is C24H18F8N6O6. The predicted octanol–water partition coefficient (Wildman–Crippen LogP) is 7.53. The van der Waals surface area contributed by atoms with Gasteiger partial charge in [0, 0.05) is 46.5 Å². The molecule has 0 spiro atoms. The van der Waals surface area contributed by atoms with Crippen molar-refractivity contribution in [3.05, 3.63) is 79.9 Å². The molecule has 0 unspecified atom stereocenters. The molecule has 236 valence electrons. The lowest BCUT2D eigenvalue weighted by molar-refractivity contribution is -0.385. The highest BCUT2D eigenvalue weighted by molar-refractivity contribution is 5.65. The van der Waals surface area contributed by atoms with Gasteiger partial charge in [-0.15, -0.1) is 5.10 Å².